The average molecular weight is 275 g/mol. The molecule has 0 bridgehead atoms. The molecule has 3 rings (SSSR count). The number of hydrogen-bond donors (Lipinski definition) is 1. The van der Waals surface area contributed by atoms with Crippen molar-refractivity contribution in [2.75, 3.05) is 5.43 Å². The molecule has 0 aliphatic carbocycles. The van der Waals surface area contributed by atoms with Crippen molar-refractivity contribution in [2.24, 2.45) is 5.10 Å². The van der Waals surface area contributed by atoms with Gasteiger partial charge in [0.25, 0.3) is 0 Å². The largest absolute Gasteiger partial charge is 0.253 e. The van der Waals surface area contributed by atoms with Gasteiger partial charge in [-0.15, -0.1) is 16.4 Å². The first kappa shape index (κ1) is 11.2. The number of hydrogen-bond acceptors (Lipinski definition) is 7. The topological polar surface area (TPSA) is 63.1 Å². The zero-order chi connectivity index (χ0) is 12.4. The predicted molar refractivity (Wildman–Crippen MR) is 75.5 cm³/mol. The molecule has 7 heteroatoms. The summed E-state index contributed by atoms with van der Waals surface area (Å²) in [5.74, 6) is 0. The molecule has 18 heavy (non-hydrogen) atoms. The summed E-state index contributed by atoms with van der Waals surface area (Å²) < 4.78 is 4.98. The second-order valence-corrected chi connectivity index (χ2v) is 5.31. The summed E-state index contributed by atoms with van der Waals surface area (Å²) in [6, 6.07) is 5.94. The van der Waals surface area contributed by atoms with Gasteiger partial charge in [-0.1, -0.05) is 10.6 Å². The van der Waals surface area contributed by atoms with Crippen LogP contribution in [0.4, 0.5) is 5.13 Å². The quantitative estimate of drug-likeness (QED) is 0.589. The van der Waals surface area contributed by atoms with E-state index >= 15 is 0 Å². The molecular formula is C11H9N5S2. The van der Waals surface area contributed by atoms with E-state index in [-0.39, 0.29) is 0 Å². The summed E-state index contributed by atoms with van der Waals surface area (Å²) in [7, 11) is 0. The molecule has 0 atom stereocenters. The Morgan fingerprint density at radius 3 is 3.17 bits per heavy atom. The molecule has 0 unspecified atom stereocenters. The smallest absolute Gasteiger partial charge is 0.203 e. The molecule has 0 amide bonds. The van der Waals surface area contributed by atoms with Crippen molar-refractivity contribution < 1.29 is 0 Å². The molecule has 0 saturated heterocycles. The van der Waals surface area contributed by atoms with Gasteiger partial charge in [-0.3, -0.25) is 5.43 Å². The van der Waals surface area contributed by atoms with E-state index in [9.17, 15) is 0 Å². The minimum Gasteiger partial charge on any atom is -0.253 e. The molecule has 0 spiro atoms. The fraction of sp³-hybridized carbons (Fsp3) is 0.0909. The highest BCUT2D eigenvalue weighted by atomic mass is 32.1. The van der Waals surface area contributed by atoms with Gasteiger partial charge in [0.05, 0.1) is 16.6 Å². The number of rotatable bonds is 3. The Hall–Kier alpha value is -1.86. The molecule has 5 nitrogen and oxygen atoms in total. The van der Waals surface area contributed by atoms with Crippen LogP contribution in [-0.4, -0.2) is 20.8 Å². The fourth-order valence-electron chi connectivity index (χ4n) is 1.45. The lowest BCUT2D eigenvalue weighted by atomic mass is 10.2. The number of nitrogens with zero attached hydrogens (tertiary/aromatic N) is 4. The molecule has 0 saturated carbocycles. The second kappa shape index (κ2) is 4.79. The van der Waals surface area contributed by atoms with Crippen LogP contribution in [0.25, 0.3) is 10.2 Å². The minimum atomic E-state index is 0.792. The highest BCUT2D eigenvalue weighted by Gasteiger charge is 1.98. The summed E-state index contributed by atoms with van der Waals surface area (Å²) in [6.45, 7) is 1.95. The van der Waals surface area contributed by atoms with Crippen molar-refractivity contribution in [2.45, 2.75) is 6.92 Å². The van der Waals surface area contributed by atoms with Gasteiger partial charge in [-0.2, -0.15) is 5.10 Å². The van der Waals surface area contributed by atoms with Gasteiger partial charge in [0, 0.05) is 5.38 Å². The minimum absolute atomic E-state index is 0.792. The van der Waals surface area contributed by atoms with E-state index in [0.29, 0.717) is 0 Å². The summed E-state index contributed by atoms with van der Waals surface area (Å²) >= 11 is 2.92. The maximum atomic E-state index is 4.26. The standard InChI is InChI=1S/C11H9N5S2/c1-7-6-17-11(13-7)15-12-5-8-2-3-10-9(4-8)14-16-18-10/h2-6H,1H3,(H,13,15). The lowest BCUT2D eigenvalue weighted by molar-refractivity contribution is 1.20. The van der Waals surface area contributed by atoms with Crippen LogP contribution in [0.2, 0.25) is 0 Å². The number of benzene rings is 1. The molecule has 0 aliphatic rings. The van der Waals surface area contributed by atoms with Crippen LogP contribution in [0, 0.1) is 6.92 Å². The first-order chi connectivity index (χ1) is 8.81. The van der Waals surface area contributed by atoms with Gasteiger partial charge >= 0.3 is 0 Å². The molecule has 1 aromatic carbocycles. The molecule has 2 heterocycles. The van der Waals surface area contributed by atoms with Crippen LogP contribution in [-0.2, 0) is 0 Å². The Morgan fingerprint density at radius 2 is 2.33 bits per heavy atom. The monoisotopic (exact) mass is 275 g/mol. The van der Waals surface area contributed by atoms with Crippen LogP contribution >= 0.6 is 22.9 Å². The van der Waals surface area contributed by atoms with Gasteiger partial charge < -0.3 is 0 Å². The number of thiazole rings is 1. The molecule has 0 aliphatic heterocycles. The van der Waals surface area contributed by atoms with E-state index in [1.165, 1.54) is 22.9 Å². The van der Waals surface area contributed by atoms with Gasteiger partial charge in [-0.05, 0) is 36.2 Å². The van der Waals surface area contributed by atoms with Crippen molar-refractivity contribution in [3.8, 4) is 0 Å². The first-order valence-corrected chi connectivity index (χ1v) is 6.90. The van der Waals surface area contributed by atoms with E-state index in [1.54, 1.807) is 6.21 Å². The second-order valence-electron chi connectivity index (χ2n) is 3.66. The van der Waals surface area contributed by atoms with E-state index in [1.807, 2.05) is 30.5 Å². The maximum absolute atomic E-state index is 4.26. The van der Waals surface area contributed by atoms with Crippen molar-refractivity contribution in [3.05, 3.63) is 34.8 Å². The molecular weight excluding hydrogens is 266 g/mol. The Balaban J connectivity index is 1.75. The average Bonchev–Trinajstić information content (AvgIpc) is 2.97. The highest BCUT2D eigenvalue weighted by Crippen LogP contribution is 2.16. The highest BCUT2D eigenvalue weighted by molar-refractivity contribution is 7.13. The van der Waals surface area contributed by atoms with E-state index in [2.05, 4.69) is 25.1 Å². The Bertz CT molecular complexity index is 700. The van der Waals surface area contributed by atoms with Crippen LogP contribution in [0.5, 0.6) is 0 Å². The SMILES string of the molecule is Cc1csc(NN=Cc2ccc3snnc3c2)n1. The number of hydrazone groups is 1. The first-order valence-electron chi connectivity index (χ1n) is 5.24. The molecule has 0 fully saturated rings. The van der Waals surface area contributed by atoms with Crippen molar-refractivity contribution >= 4 is 44.4 Å². The number of aryl methyl sites for hydroxylation is 1. The Kier molecular flexibility index (Phi) is 2.99. The maximum Gasteiger partial charge on any atom is 0.203 e. The van der Waals surface area contributed by atoms with Crippen molar-refractivity contribution in [1.29, 1.82) is 0 Å². The van der Waals surface area contributed by atoms with E-state index in [4.69, 9.17) is 0 Å². The predicted octanol–water partition coefficient (Wildman–Crippen LogP) is 2.90. The van der Waals surface area contributed by atoms with Crippen LogP contribution in [0.1, 0.15) is 11.3 Å². The summed E-state index contributed by atoms with van der Waals surface area (Å²) in [6.07, 6.45) is 1.75. The van der Waals surface area contributed by atoms with Crippen molar-refractivity contribution in [1.82, 2.24) is 14.6 Å². The normalized spacial score (nSPS) is 11.4. The zero-order valence-corrected chi connectivity index (χ0v) is 11.1. The van der Waals surface area contributed by atoms with Crippen molar-refractivity contribution in [3.63, 3.8) is 0 Å². The third-order valence-corrected chi connectivity index (χ3v) is 3.83. The van der Waals surface area contributed by atoms with Gasteiger partial charge in [0.15, 0.2) is 0 Å². The summed E-state index contributed by atoms with van der Waals surface area (Å²) in [5, 5.41) is 10.9. The molecule has 0 radical (unpaired) electrons. The van der Waals surface area contributed by atoms with Gasteiger partial charge in [0.1, 0.15) is 5.52 Å². The van der Waals surface area contributed by atoms with Crippen LogP contribution < -0.4 is 5.43 Å². The third-order valence-electron chi connectivity index (χ3n) is 2.26. The lowest BCUT2D eigenvalue weighted by Gasteiger charge is -1.94. The molecule has 90 valence electrons. The number of nitrogens with one attached hydrogen (secondary N) is 1. The lowest BCUT2D eigenvalue weighted by Crippen LogP contribution is -1.90. The molecule has 3 aromatic rings. The van der Waals surface area contributed by atoms with Crippen LogP contribution in [0.15, 0.2) is 28.7 Å². The van der Waals surface area contributed by atoms with E-state index < -0.39 is 0 Å². The zero-order valence-electron chi connectivity index (χ0n) is 9.49. The van der Waals surface area contributed by atoms with Gasteiger partial charge in [0.2, 0.25) is 5.13 Å². The number of fused-ring (bicyclic) bond motifs is 1. The fourth-order valence-corrected chi connectivity index (χ4v) is 2.62. The summed E-state index contributed by atoms with van der Waals surface area (Å²) in [5.41, 5.74) is 5.77. The Labute approximate surface area is 111 Å². The molecule has 1 N–H and O–H groups in total. The number of aromatic nitrogens is 3. The third kappa shape index (κ3) is 2.36. The van der Waals surface area contributed by atoms with Gasteiger partial charge in [-0.25, -0.2) is 4.98 Å². The Morgan fingerprint density at radius 1 is 1.39 bits per heavy atom. The molecule has 2 aromatic heterocycles. The van der Waals surface area contributed by atoms with Crippen LogP contribution in [0.3, 0.4) is 0 Å². The summed E-state index contributed by atoms with van der Waals surface area (Å²) in [4.78, 5) is 4.26. The number of anilines is 1. The van der Waals surface area contributed by atoms with E-state index in [0.717, 1.165) is 26.6 Å².